The van der Waals surface area contributed by atoms with Gasteiger partial charge in [0.25, 0.3) is 0 Å². The minimum Gasteiger partial charge on any atom is -0.315 e. The fourth-order valence-corrected chi connectivity index (χ4v) is 2.81. The van der Waals surface area contributed by atoms with Gasteiger partial charge in [-0.3, -0.25) is 4.99 Å². The zero-order valence-corrected chi connectivity index (χ0v) is 10.1. The Morgan fingerprint density at radius 3 is 3.11 bits per heavy atom. The molecule has 2 heteroatoms. The Hall–Kier alpha value is -2.09. The molecule has 0 spiro atoms. The maximum atomic E-state index is 4.58. The molecular weight excluding hydrogens is 220 g/mol. The molecule has 0 atom stereocenters. The van der Waals surface area contributed by atoms with Crippen LogP contribution in [0.1, 0.15) is 18.4 Å². The van der Waals surface area contributed by atoms with Crippen molar-refractivity contribution < 1.29 is 0 Å². The van der Waals surface area contributed by atoms with Crippen molar-refractivity contribution in [3.63, 3.8) is 0 Å². The molecule has 0 fully saturated rings. The number of hydrogen-bond donors (Lipinski definition) is 0. The van der Waals surface area contributed by atoms with Gasteiger partial charge in [0.1, 0.15) is 0 Å². The van der Waals surface area contributed by atoms with Gasteiger partial charge in [-0.2, -0.15) is 0 Å². The van der Waals surface area contributed by atoms with Crippen LogP contribution in [0.25, 0.3) is 18.5 Å². The molecule has 0 bridgehead atoms. The van der Waals surface area contributed by atoms with E-state index in [-0.39, 0.29) is 0 Å². The van der Waals surface area contributed by atoms with Gasteiger partial charge in [0.15, 0.2) is 0 Å². The SMILES string of the molecule is C1=c2ccccc2=NC=c2cc3c(n21)=CCCC3. The Morgan fingerprint density at radius 2 is 2.11 bits per heavy atom. The van der Waals surface area contributed by atoms with Crippen molar-refractivity contribution in [2.24, 2.45) is 4.99 Å². The minimum absolute atomic E-state index is 1.05. The average Bonchev–Trinajstić information content (AvgIpc) is 2.65. The van der Waals surface area contributed by atoms with Crippen LogP contribution in [0.4, 0.5) is 0 Å². The molecule has 1 aromatic heterocycles. The van der Waals surface area contributed by atoms with Gasteiger partial charge in [0, 0.05) is 16.8 Å². The summed E-state index contributed by atoms with van der Waals surface area (Å²) in [7, 11) is 0. The van der Waals surface area contributed by atoms with Crippen LogP contribution < -0.4 is 21.3 Å². The van der Waals surface area contributed by atoms with E-state index in [4.69, 9.17) is 0 Å². The molecule has 0 unspecified atom stereocenters. The number of nitrogens with zero attached hydrogens (tertiary/aromatic N) is 2. The summed E-state index contributed by atoms with van der Waals surface area (Å²) in [6.45, 7) is 0. The number of fused-ring (bicyclic) bond motifs is 4. The van der Waals surface area contributed by atoms with Crippen molar-refractivity contribution >= 4 is 18.5 Å². The van der Waals surface area contributed by atoms with Gasteiger partial charge in [-0.05, 0) is 37.0 Å². The first kappa shape index (κ1) is 9.89. The van der Waals surface area contributed by atoms with Gasteiger partial charge in [0.2, 0.25) is 0 Å². The van der Waals surface area contributed by atoms with E-state index in [1.807, 2.05) is 12.3 Å². The van der Waals surface area contributed by atoms with Gasteiger partial charge in [-0.15, -0.1) is 0 Å². The third-order valence-electron chi connectivity index (χ3n) is 3.72. The molecule has 0 radical (unpaired) electrons. The molecule has 0 saturated heterocycles. The third-order valence-corrected chi connectivity index (χ3v) is 3.72. The van der Waals surface area contributed by atoms with Crippen molar-refractivity contribution in [3.05, 3.63) is 57.2 Å². The number of rotatable bonds is 0. The largest absolute Gasteiger partial charge is 0.315 e. The molecule has 0 saturated carbocycles. The minimum atomic E-state index is 1.05. The van der Waals surface area contributed by atoms with E-state index < -0.39 is 0 Å². The summed E-state index contributed by atoms with van der Waals surface area (Å²) in [5.41, 5.74) is 1.46. The molecule has 2 heterocycles. The molecule has 2 nitrogen and oxygen atoms in total. The van der Waals surface area contributed by atoms with Crippen LogP contribution in [0.3, 0.4) is 0 Å². The number of para-hydroxylation sites is 1. The summed E-state index contributed by atoms with van der Waals surface area (Å²) in [4.78, 5) is 4.58. The second kappa shape index (κ2) is 3.70. The van der Waals surface area contributed by atoms with Crippen LogP contribution in [-0.4, -0.2) is 4.57 Å². The van der Waals surface area contributed by atoms with E-state index in [0.29, 0.717) is 0 Å². The topological polar surface area (TPSA) is 17.3 Å². The lowest BCUT2D eigenvalue weighted by atomic mass is 10.1. The molecule has 0 amide bonds. The first-order valence-corrected chi connectivity index (χ1v) is 6.47. The summed E-state index contributed by atoms with van der Waals surface area (Å²) in [5.74, 6) is 0. The molecule has 1 aliphatic heterocycles. The lowest BCUT2D eigenvalue weighted by Gasteiger charge is -2.04. The van der Waals surface area contributed by atoms with Gasteiger partial charge < -0.3 is 4.57 Å². The van der Waals surface area contributed by atoms with Gasteiger partial charge in [-0.25, -0.2) is 0 Å². The highest BCUT2D eigenvalue weighted by molar-refractivity contribution is 5.42. The molecule has 0 N–H and O–H groups in total. The van der Waals surface area contributed by atoms with E-state index in [1.165, 1.54) is 40.7 Å². The Bertz CT molecular complexity index is 853. The van der Waals surface area contributed by atoms with E-state index in [9.17, 15) is 0 Å². The van der Waals surface area contributed by atoms with Gasteiger partial charge >= 0.3 is 0 Å². The zero-order chi connectivity index (χ0) is 11.9. The Labute approximate surface area is 105 Å². The number of benzene rings is 1. The van der Waals surface area contributed by atoms with Crippen LogP contribution in [-0.2, 0) is 6.42 Å². The number of aryl methyl sites for hydroxylation is 1. The second-order valence-corrected chi connectivity index (χ2v) is 4.89. The fourth-order valence-electron chi connectivity index (χ4n) is 2.81. The van der Waals surface area contributed by atoms with Crippen LogP contribution in [0.2, 0.25) is 0 Å². The lowest BCUT2D eigenvalue weighted by molar-refractivity contribution is 0.825. The van der Waals surface area contributed by atoms with Gasteiger partial charge in [-0.1, -0.05) is 24.3 Å². The van der Waals surface area contributed by atoms with E-state index in [2.05, 4.69) is 46.1 Å². The molecule has 1 aliphatic carbocycles. The highest BCUT2D eigenvalue weighted by Gasteiger charge is 2.08. The van der Waals surface area contributed by atoms with E-state index in [1.54, 1.807) is 0 Å². The van der Waals surface area contributed by atoms with Crippen molar-refractivity contribution in [3.8, 4) is 0 Å². The van der Waals surface area contributed by atoms with Crippen molar-refractivity contribution in [1.29, 1.82) is 0 Å². The quantitative estimate of drug-likeness (QED) is 0.622. The first-order valence-electron chi connectivity index (χ1n) is 6.47. The molecule has 18 heavy (non-hydrogen) atoms. The van der Waals surface area contributed by atoms with E-state index >= 15 is 0 Å². The van der Waals surface area contributed by atoms with Crippen LogP contribution in [0, 0.1) is 0 Å². The summed E-state index contributed by atoms with van der Waals surface area (Å²) >= 11 is 0. The predicted molar refractivity (Wildman–Crippen MR) is 72.6 cm³/mol. The predicted octanol–water partition coefficient (Wildman–Crippen LogP) is 0.262. The Balaban J connectivity index is 2.15. The molecule has 88 valence electrons. The third kappa shape index (κ3) is 1.39. The summed E-state index contributed by atoms with van der Waals surface area (Å²) in [6.07, 6.45) is 10.2. The molecule has 4 rings (SSSR count). The normalized spacial score (nSPS) is 15.8. The van der Waals surface area contributed by atoms with Crippen molar-refractivity contribution in [1.82, 2.24) is 4.57 Å². The van der Waals surface area contributed by atoms with Crippen molar-refractivity contribution in [2.75, 3.05) is 0 Å². The summed E-state index contributed by atoms with van der Waals surface area (Å²) in [6, 6.07) is 10.6. The first-order chi connectivity index (χ1) is 8.92. The molecule has 2 aromatic rings. The van der Waals surface area contributed by atoms with Crippen LogP contribution >= 0.6 is 0 Å². The lowest BCUT2D eigenvalue weighted by Crippen LogP contribution is -2.29. The standard InChI is InChI=1S/C16H14N2/c1-3-7-15-13(6-1)11-18-14(10-17-15)9-12-5-2-4-8-16(12)18/h1,3,6-11H,2,4-5H2. The number of aromatic nitrogens is 1. The average molecular weight is 234 g/mol. The number of hydrogen-bond acceptors (Lipinski definition) is 1. The fraction of sp³-hybridized carbons (Fsp3) is 0.188. The Morgan fingerprint density at radius 1 is 1.17 bits per heavy atom. The molecule has 1 aromatic carbocycles. The monoisotopic (exact) mass is 234 g/mol. The maximum absolute atomic E-state index is 4.58. The zero-order valence-electron chi connectivity index (χ0n) is 10.1. The molecular formula is C16H14N2. The second-order valence-electron chi connectivity index (χ2n) is 4.89. The molecule has 2 aliphatic rings. The maximum Gasteiger partial charge on any atom is 0.0717 e. The van der Waals surface area contributed by atoms with Crippen molar-refractivity contribution in [2.45, 2.75) is 19.3 Å². The summed E-state index contributed by atoms with van der Waals surface area (Å²) in [5, 5.41) is 4.78. The van der Waals surface area contributed by atoms with Crippen LogP contribution in [0.5, 0.6) is 0 Å². The highest BCUT2D eigenvalue weighted by Crippen LogP contribution is 2.05. The van der Waals surface area contributed by atoms with Gasteiger partial charge in [0.05, 0.1) is 16.9 Å². The smallest absolute Gasteiger partial charge is 0.0717 e. The van der Waals surface area contributed by atoms with Crippen LogP contribution in [0.15, 0.2) is 35.3 Å². The highest BCUT2D eigenvalue weighted by atomic mass is 15.0. The Kier molecular flexibility index (Phi) is 2.04. The summed E-state index contributed by atoms with van der Waals surface area (Å²) < 4.78 is 2.28. The van der Waals surface area contributed by atoms with E-state index in [0.717, 1.165) is 5.36 Å².